The van der Waals surface area contributed by atoms with Crippen LogP contribution < -0.4 is 11.5 Å². The number of carbonyl (C=O) groups excluding carboxylic acids is 1. The van der Waals surface area contributed by atoms with E-state index in [9.17, 15) is 4.79 Å². The Morgan fingerprint density at radius 2 is 2.06 bits per heavy atom. The van der Waals surface area contributed by atoms with Crippen molar-refractivity contribution in [3.05, 3.63) is 0 Å². The van der Waals surface area contributed by atoms with E-state index in [1.165, 1.54) is 19.3 Å². The summed E-state index contributed by atoms with van der Waals surface area (Å²) < 4.78 is 5.71. The van der Waals surface area contributed by atoms with Crippen LogP contribution in [-0.2, 0) is 9.53 Å². The van der Waals surface area contributed by atoms with E-state index in [0.717, 1.165) is 32.3 Å². The first-order chi connectivity index (χ1) is 7.63. The van der Waals surface area contributed by atoms with Gasteiger partial charge < -0.3 is 16.2 Å². The third-order valence-electron chi connectivity index (χ3n) is 4.20. The summed E-state index contributed by atoms with van der Waals surface area (Å²) in [7, 11) is 0. The topological polar surface area (TPSA) is 78.3 Å². The molecule has 2 fully saturated rings. The van der Waals surface area contributed by atoms with Crippen molar-refractivity contribution in [1.29, 1.82) is 0 Å². The summed E-state index contributed by atoms with van der Waals surface area (Å²) in [5.41, 5.74) is 10.7. The molecule has 2 aliphatic carbocycles. The van der Waals surface area contributed by atoms with E-state index in [4.69, 9.17) is 16.2 Å². The average molecular weight is 226 g/mol. The first kappa shape index (κ1) is 11.9. The zero-order chi connectivity index (χ0) is 11.6. The van der Waals surface area contributed by atoms with Gasteiger partial charge in [-0.1, -0.05) is 6.42 Å². The van der Waals surface area contributed by atoms with E-state index < -0.39 is 5.54 Å². The normalized spacial score (nSPS) is 34.9. The summed E-state index contributed by atoms with van der Waals surface area (Å²) in [6.07, 6.45) is 7.74. The maximum atomic E-state index is 11.4. The van der Waals surface area contributed by atoms with Gasteiger partial charge in [-0.2, -0.15) is 0 Å². The van der Waals surface area contributed by atoms with E-state index in [0.29, 0.717) is 6.10 Å². The van der Waals surface area contributed by atoms with Crippen LogP contribution in [0, 0.1) is 5.92 Å². The molecule has 0 aliphatic heterocycles. The molecule has 2 unspecified atom stereocenters. The van der Waals surface area contributed by atoms with Crippen LogP contribution in [0.3, 0.4) is 0 Å². The molecule has 0 saturated heterocycles. The lowest BCUT2D eigenvalue weighted by atomic mass is 9.85. The van der Waals surface area contributed by atoms with Crippen LogP contribution >= 0.6 is 0 Å². The van der Waals surface area contributed by atoms with E-state index in [1.54, 1.807) is 0 Å². The Morgan fingerprint density at radius 3 is 2.62 bits per heavy atom. The van der Waals surface area contributed by atoms with E-state index in [2.05, 4.69) is 0 Å². The largest absolute Gasteiger partial charge is 0.378 e. The Balaban J connectivity index is 1.76. The summed E-state index contributed by atoms with van der Waals surface area (Å²) in [6, 6.07) is 0. The van der Waals surface area contributed by atoms with E-state index in [1.807, 2.05) is 0 Å². The SMILES string of the molecule is NC(=O)C1(N)CCCC1CCOC1CCC1. The second kappa shape index (κ2) is 4.72. The summed E-state index contributed by atoms with van der Waals surface area (Å²) in [5, 5.41) is 0. The minimum atomic E-state index is -0.775. The van der Waals surface area contributed by atoms with Gasteiger partial charge in [0, 0.05) is 6.61 Å². The monoisotopic (exact) mass is 226 g/mol. The van der Waals surface area contributed by atoms with Crippen molar-refractivity contribution in [2.75, 3.05) is 6.61 Å². The zero-order valence-corrected chi connectivity index (χ0v) is 9.78. The number of primary amides is 1. The lowest BCUT2D eigenvalue weighted by Crippen LogP contribution is -2.54. The Bertz CT molecular complexity index is 266. The van der Waals surface area contributed by atoms with Crippen LogP contribution in [0.15, 0.2) is 0 Å². The van der Waals surface area contributed by atoms with Crippen molar-refractivity contribution in [3.63, 3.8) is 0 Å². The van der Waals surface area contributed by atoms with E-state index >= 15 is 0 Å². The maximum absolute atomic E-state index is 11.4. The Hall–Kier alpha value is -0.610. The van der Waals surface area contributed by atoms with Crippen LogP contribution in [0.4, 0.5) is 0 Å². The standard InChI is InChI=1S/C12H22N2O2/c13-11(15)12(14)7-2-3-9(12)6-8-16-10-4-1-5-10/h9-10H,1-8,14H2,(H2,13,15). The fourth-order valence-corrected chi connectivity index (χ4v) is 2.74. The average Bonchev–Trinajstić information content (AvgIpc) is 2.53. The Labute approximate surface area is 96.7 Å². The second-order valence-corrected chi connectivity index (χ2v) is 5.21. The van der Waals surface area contributed by atoms with E-state index in [-0.39, 0.29) is 11.8 Å². The third kappa shape index (κ3) is 2.23. The molecule has 2 aliphatic rings. The number of hydrogen-bond donors (Lipinski definition) is 2. The summed E-state index contributed by atoms with van der Waals surface area (Å²) in [6.45, 7) is 0.724. The molecule has 0 spiro atoms. The van der Waals surface area contributed by atoms with Gasteiger partial charge in [0.25, 0.3) is 0 Å². The van der Waals surface area contributed by atoms with Gasteiger partial charge in [0.1, 0.15) is 0 Å². The van der Waals surface area contributed by atoms with Crippen LogP contribution in [-0.4, -0.2) is 24.2 Å². The number of ether oxygens (including phenoxy) is 1. The number of amides is 1. The molecule has 0 aromatic heterocycles. The highest BCUT2D eigenvalue weighted by Crippen LogP contribution is 2.36. The highest BCUT2D eigenvalue weighted by molar-refractivity contribution is 5.85. The van der Waals surface area contributed by atoms with Gasteiger partial charge in [-0.05, 0) is 44.4 Å². The molecular weight excluding hydrogens is 204 g/mol. The van der Waals surface area contributed by atoms with Crippen molar-refractivity contribution in [1.82, 2.24) is 0 Å². The lowest BCUT2D eigenvalue weighted by Gasteiger charge is -2.30. The first-order valence-electron chi connectivity index (χ1n) is 6.33. The van der Waals surface area contributed by atoms with Gasteiger partial charge in [0.2, 0.25) is 5.91 Å². The quantitative estimate of drug-likeness (QED) is 0.732. The van der Waals surface area contributed by atoms with Crippen molar-refractivity contribution >= 4 is 5.91 Å². The molecule has 0 bridgehead atoms. The van der Waals surface area contributed by atoms with Crippen LogP contribution in [0.5, 0.6) is 0 Å². The molecule has 0 radical (unpaired) electrons. The number of carbonyl (C=O) groups is 1. The molecule has 16 heavy (non-hydrogen) atoms. The molecule has 0 aromatic carbocycles. The number of nitrogens with two attached hydrogens (primary N) is 2. The molecular formula is C12H22N2O2. The first-order valence-corrected chi connectivity index (χ1v) is 6.33. The van der Waals surface area contributed by atoms with Gasteiger partial charge in [0.05, 0.1) is 11.6 Å². The predicted molar refractivity (Wildman–Crippen MR) is 61.7 cm³/mol. The van der Waals surface area contributed by atoms with Crippen LogP contribution in [0.25, 0.3) is 0 Å². The van der Waals surface area contributed by atoms with Crippen LogP contribution in [0.1, 0.15) is 44.9 Å². The second-order valence-electron chi connectivity index (χ2n) is 5.21. The Kier molecular flexibility index (Phi) is 3.50. The van der Waals surface area contributed by atoms with Gasteiger partial charge in [-0.15, -0.1) is 0 Å². The van der Waals surface area contributed by atoms with Gasteiger partial charge in [-0.25, -0.2) is 0 Å². The number of rotatable bonds is 5. The maximum Gasteiger partial charge on any atom is 0.237 e. The van der Waals surface area contributed by atoms with Gasteiger partial charge in [0.15, 0.2) is 0 Å². The molecule has 0 heterocycles. The minimum Gasteiger partial charge on any atom is -0.378 e. The predicted octanol–water partition coefficient (Wildman–Crippen LogP) is 0.928. The molecule has 2 atom stereocenters. The van der Waals surface area contributed by atoms with Crippen molar-refractivity contribution in [3.8, 4) is 0 Å². The summed E-state index contributed by atoms with van der Waals surface area (Å²) in [5.74, 6) is -0.135. The summed E-state index contributed by atoms with van der Waals surface area (Å²) >= 11 is 0. The summed E-state index contributed by atoms with van der Waals surface area (Å²) in [4.78, 5) is 11.4. The molecule has 2 saturated carbocycles. The third-order valence-corrected chi connectivity index (χ3v) is 4.20. The van der Waals surface area contributed by atoms with Crippen molar-refractivity contribution in [2.45, 2.75) is 56.6 Å². The highest BCUT2D eigenvalue weighted by atomic mass is 16.5. The fourth-order valence-electron chi connectivity index (χ4n) is 2.74. The highest BCUT2D eigenvalue weighted by Gasteiger charge is 2.43. The Morgan fingerprint density at radius 1 is 1.31 bits per heavy atom. The fraction of sp³-hybridized carbons (Fsp3) is 0.917. The number of hydrogen-bond acceptors (Lipinski definition) is 3. The zero-order valence-electron chi connectivity index (χ0n) is 9.78. The molecule has 2 rings (SSSR count). The lowest BCUT2D eigenvalue weighted by molar-refractivity contribution is -0.124. The van der Waals surface area contributed by atoms with Crippen molar-refractivity contribution in [2.24, 2.45) is 17.4 Å². The van der Waals surface area contributed by atoms with Gasteiger partial charge in [-0.3, -0.25) is 4.79 Å². The smallest absolute Gasteiger partial charge is 0.237 e. The van der Waals surface area contributed by atoms with Crippen molar-refractivity contribution < 1.29 is 9.53 Å². The van der Waals surface area contributed by atoms with Crippen LogP contribution in [0.2, 0.25) is 0 Å². The molecule has 0 aromatic rings. The molecule has 4 heteroatoms. The van der Waals surface area contributed by atoms with Gasteiger partial charge >= 0.3 is 0 Å². The minimum absolute atomic E-state index is 0.213. The molecule has 4 N–H and O–H groups in total. The molecule has 4 nitrogen and oxygen atoms in total. The molecule has 92 valence electrons. The molecule has 1 amide bonds.